The molecule has 0 spiro atoms. The summed E-state index contributed by atoms with van der Waals surface area (Å²) >= 11 is 0. The minimum absolute atomic E-state index is 0.495. The summed E-state index contributed by atoms with van der Waals surface area (Å²) < 4.78 is 279. The third kappa shape index (κ3) is 5.85. The van der Waals surface area contributed by atoms with Gasteiger partial charge in [-0.1, -0.05) is 6.92 Å². The molecular formula is C14H14F17NO5S2. The van der Waals surface area contributed by atoms with Gasteiger partial charge in [-0.2, -0.15) is 87.4 Å². The van der Waals surface area contributed by atoms with E-state index >= 15 is 0 Å². The molecule has 0 saturated carbocycles. The molecule has 6 nitrogen and oxygen atoms in total. The van der Waals surface area contributed by atoms with Crippen molar-refractivity contribution in [2.24, 2.45) is 0 Å². The number of alkyl halides is 17. The number of sulfonamides is 1. The van der Waals surface area contributed by atoms with Gasteiger partial charge >= 0.3 is 47.0 Å². The van der Waals surface area contributed by atoms with Gasteiger partial charge in [0.2, 0.25) is 0 Å². The quantitative estimate of drug-likeness (QED) is 0.155. The number of rotatable bonds is 14. The molecule has 25 heteroatoms. The van der Waals surface area contributed by atoms with Crippen molar-refractivity contribution >= 4 is 20.1 Å². The lowest BCUT2D eigenvalue weighted by Crippen LogP contribution is -2.75. The molecule has 0 bridgehead atoms. The maximum Gasteiger partial charge on any atom is 0.460 e. The third-order valence-corrected chi connectivity index (χ3v) is 7.60. The van der Waals surface area contributed by atoms with Crippen LogP contribution in [0.2, 0.25) is 0 Å². The van der Waals surface area contributed by atoms with Crippen LogP contribution in [0.4, 0.5) is 74.6 Å². The van der Waals surface area contributed by atoms with E-state index in [0.29, 0.717) is 6.92 Å². The van der Waals surface area contributed by atoms with Gasteiger partial charge in [-0.15, -0.1) is 0 Å². The lowest BCUT2D eigenvalue weighted by Gasteiger charge is -2.43. The van der Waals surface area contributed by atoms with Crippen LogP contribution in [0.1, 0.15) is 19.8 Å². The first-order valence-corrected chi connectivity index (χ1v) is 12.4. The van der Waals surface area contributed by atoms with E-state index < -0.39 is 103 Å². The number of hydrogen-bond donors (Lipinski definition) is 1. The average Bonchev–Trinajstić information content (AvgIpc) is 2.70. The third-order valence-electron chi connectivity index (χ3n) is 4.77. The summed E-state index contributed by atoms with van der Waals surface area (Å²) in [4.78, 5) is 0. The van der Waals surface area contributed by atoms with Crippen LogP contribution >= 0.6 is 0 Å². The molecule has 0 aromatic carbocycles. The summed E-state index contributed by atoms with van der Waals surface area (Å²) in [6.07, 6.45) is -9.72. The number of unbranched alkanes of at least 4 members (excludes halogenated alkanes) is 1. The Morgan fingerprint density at radius 2 is 0.897 bits per heavy atom. The van der Waals surface area contributed by atoms with Crippen molar-refractivity contribution in [2.45, 2.75) is 66.7 Å². The van der Waals surface area contributed by atoms with Crippen LogP contribution in [-0.2, 0) is 20.1 Å². The molecule has 1 N–H and O–H groups in total. The Kier molecular flexibility index (Phi) is 10.1. The summed E-state index contributed by atoms with van der Waals surface area (Å²) in [6.45, 7) is -2.46. The first kappa shape index (κ1) is 37.6. The standard InChI is InChI=1S/C14H14F17NO5S2/c1-2-32(5-3-4-6-38(33,34)35)39(36,37)14(30,31)12(25,26)10(21,22)8(17,18)7(15,16)9(19,20)11(23,24)13(27,28)29/h2-6H2,1H3,(H,33,34,35). The normalized spacial score (nSPS) is 16.2. The van der Waals surface area contributed by atoms with Gasteiger partial charge < -0.3 is 0 Å². The Labute approximate surface area is 206 Å². The Morgan fingerprint density at radius 3 is 1.21 bits per heavy atom. The molecule has 0 rings (SSSR count). The van der Waals surface area contributed by atoms with E-state index in [4.69, 9.17) is 4.55 Å². The fourth-order valence-corrected chi connectivity index (χ4v) is 4.55. The molecule has 0 aromatic rings. The fraction of sp³-hybridized carbons (Fsp3) is 1.00. The Hall–Kier alpha value is -1.37. The van der Waals surface area contributed by atoms with Crippen molar-refractivity contribution < 1.29 is 96.0 Å². The SMILES string of the molecule is CCN(CCCCS(=O)(=O)O)S(=O)(=O)C(F)(F)C(F)(F)C(F)(F)C(F)(F)C(F)(F)C(F)(F)C(F)(F)C(F)(F)F. The summed E-state index contributed by atoms with van der Waals surface area (Å²) in [5, 5.41) is -7.68. The van der Waals surface area contributed by atoms with Crippen LogP contribution in [0, 0.1) is 0 Å². The van der Waals surface area contributed by atoms with E-state index in [1.54, 1.807) is 0 Å². The lowest BCUT2D eigenvalue weighted by atomic mass is 9.91. The molecule has 0 atom stereocenters. The van der Waals surface area contributed by atoms with Gasteiger partial charge in [0, 0.05) is 13.1 Å². The Bertz CT molecular complexity index is 1090. The van der Waals surface area contributed by atoms with Crippen LogP contribution in [0.25, 0.3) is 0 Å². The molecule has 0 saturated heterocycles. The molecule has 0 aliphatic heterocycles. The van der Waals surface area contributed by atoms with E-state index in [2.05, 4.69) is 0 Å². The minimum atomic E-state index is -8.92. The van der Waals surface area contributed by atoms with Crippen molar-refractivity contribution in [3.05, 3.63) is 0 Å². The Balaban J connectivity index is 6.73. The van der Waals surface area contributed by atoms with Gasteiger partial charge in [-0.25, -0.2) is 8.42 Å². The van der Waals surface area contributed by atoms with E-state index in [9.17, 15) is 91.5 Å². The molecular weight excluding hydrogens is 649 g/mol. The van der Waals surface area contributed by atoms with E-state index in [1.165, 1.54) is 0 Å². The molecule has 39 heavy (non-hydrogen) atoms. The monoisotopic (exact) mass is 663 g/mol. The molecule has 0 unspecified atom stereocenters. The van der Waals surface area contributed by atoms with Crippen molar-refractivity contribution in [2.75, 3.05) is 18.8 Å². The largest absolute Gasteiger partial charge is 0.460 e. The van der Waals surface area contributed by atoms with E-state index in [1.807, 2.05) is 0 Å². The smallest absolute Gasteiger partial charge is 0.286 e. The van der Waals surface area contributed by atoms with Crippen LogP contribution in [-0.4, -0.2) is 91.5 Å². The van der Waals surface area contributed by atoms with Gasteiger partial charge in [-0.3, -0.25) is 4.55 Å². The summed E-state index contributed by atoms with van der Waals surface area (Å²) in [6, 6.07) is 0. The molecule has 0 aliphatic rings. The Morgan fingerprint density at radius 1 is 0.564 bits per heavy atom. The van der Waals surface area contributed by atoms with Crippen molar-refractivity contribution in [3.8, 4) is 0 Å². The van der Waals surface area contributed by atoms with Crippen molar-refractivity contribution in [3.63, 3.8) is 0 Å². The highest BCUT2D eigenvalue weighted by Gasteiger charge is 2.96. The van der Waals surface area contributed by atoms with E-state index in [-0.39, 0.29) is 0 Å². The predicted octanol–water partition coefficient (Wildman–Crippen LogP) is 5.27. The van der Waals surface area contributed by atoms with Gasteiger partial charge in [0.15, 0.2) is 0 Å². The average molecular weight is 663 g/mol. The molecule has 0 amide bonds. The highest BCUT2D eigenvalue weighted by molar-refractivity contribution is 7.90. The second-order valence-corrected chi connectivity index (χ2v) is 11.0. The van der Waals surface area contributed by atoms with Gasteiger partial charge in [0.1, 0.15) is 0 Å². The van der Waals surface area contributed by atoms with Crippen LogP contribution in [0.15, 0.2) is 0 Å². The zero-order valence-corrected chi connectivity index (χ0v) is 19.9. The summed E-state index contributed by atoms with van der Waals surface area (Å²) in [7, 11) is -12.2. The predicted molar refractivity (Wildman–Crippen MR) is 92.5 cm³/mol. The second-order valence-electron chi connectivity index (χ2n) is 7.45. The second kappa shape index (κ2) is 10.5. The maximum absolute atomic E-state index is 14.2. The summed E-state index contributed by atoms with van der Waals surface area (Å²) in [5.74, 6) is -53.3. The highest BCUT2D eigenvalue weighted by atomic mass is 32.2. The summed E-state index contributed by atoms with van der Waals surface area (Å²) in [5.41, 5.74) is 0. The fourth-order valence-electron chi connectivity index (χ4n) is 2.49. The number of nitrogens with zero attached hydrogens (tertiary/aromatic N) is 1. The molecule has 0 fully saturated rings. The molecule has 0 radical (unpaired) electrons. The molecule has 0 aliphatic carbocycles. The van der Waals surface area contributed by atoms with Crippen LogP contribution < -0.4 is 0 Å². The van der Waals surface area contributed by atoms with Crippen LogP contribution in [0.5, 0.6) is 0 Å². The molecule has 236 valence electrons. The van der Waals surface area contributed by atoms with Crippen molar-refractivity contribution in [1.82, 2.24) is 4.31 Å². The van der Waals surface area contributed by atoms with Gasteiger partial charge in [-0.05, 0) is 12.8 Å². The first-order valence-electron chi connectivity index (χ1n) is 9.33. The number of halogens is 17. The maximum atomic E-state index is 14.2. The topological polar surface area (TPSA) is 91.8 Å². The van der Waals surface area contributed by atoms with E-state index in [0.717, 1.165) is 0 Å². The zero-order valence-electron chi connectivity index (χ0n) is 18.3. The van der Waals surface area contributed by atoms with Gasteiger partial charge in [0.25, 0.3) is 20.1 Å². The van der Waals surface area contributed by atoms with Crippen molar-refractivity contribution in [1.29, 1.82) is 0 Å². The minimum Gasteiger partial charge on any atom is -0.286 e. The first-order chi connectivity index (χ1) is 16.7. The van der Waals surface area contributed by atoms with Gasteiger partial charge in [0.05, 0.1) is 5.75 Å². The molecule has 0 aromatic heterocycles. The highest BCUT2D eigenvalue weighted by Crippen LogP contribution is 2.64. The van der Waals surface area contributed by atoms with Crippen LogP contribution in [0.3, 0.4) is 0 Å². The molecule has 0 heterocycles. The zero-order chi connectivity index (χ0) is 32.1. The number of hydrogen-bond acceptors (Lipinski definition) is 4. The lowest BCUT2D eigenvalue weighted by molar-refractivity contribution is -0.458.